The van der Waals surface area contributed by atoms with E-state index in [1.165, 1.54) is 12.5 Å². The number of anilines is 2. The summed E-state index contributed by atoms with van der Waals surface area (Å²) in [7, 11) is 0. The van der Waals surface area contributed by atoms with Crippen LogP contribution in [0.15, 0.2) is 30.9 Å². The molecule has 0 aliphatic rings. The smallest absolute Gasteiger partial charge is 0.350 e. The Morgan fingerprint density at radius 3 is 2.43 bits per heavy atom. The number of hydrogen-bond donors (Lipinski definition) is 2. The molecule has 10 nitrogen and oxygen atoms in total. The van der Waals surface area contributed by atoms with Crippen LogP contribution < -0.4 is 15.8 Å². The fraction of sp³-hybridized carbons (Fsp3) is 0.444. The van der Waals surface area contributed by atoms with Crippen LogP contribution in [-0.2, 0) is 0 Å². The molecule has 0 aliphatic heterocycles. The lowest BCUT2D eigenvalue weighted by Gasteiger charge is -2.27. The molecule has 2 heterocycles. The Morgan fingerprint density at radius 1 is 1.21 bits per heavy atom. The molecule has 2 rings (SSSR count). The Morgan fingerprint density at radius 2 is 1.89 bits per heavy atom. The van der Waals surface area contributed by atoms with Gasteiger partial charge in [0, 0.05) is 25.5 Å². The van der Waals surface area contributed by atoms with Crippen LogP contribution in [0.3, 0.4) is 0 Å². The van der Waals surface area contributed by atoms with Crippen molar-refractivity contribution in [2.75, 3.05) is 23.4 Å². The molecule has 2 aromatic heterocycles. The molecular weight excluding hydrogens is 362 g/mol. The van der Waals surface area contributed by atoms with Crippen molar-refractivity contribution in [1.29, 1.82) is 0 Å². The first kappa shape index (κ1) is 21.0. The fourth-order valence-electron chi connectivity index (χ4n) is 2.67. The van der Waals surface area contributed by atoms with Crippen molar-refractivity contribution in [1.82, 2.24) is 20.4 Å². The first-order valence-electron chi connectivity index (χ1n) is 9.00. The second kappa shape index (κ2) is 9.58. The summed E-state index contributed by atoms with van der Waals surface area (Å²) in [5, 5.41) is 11.8. The van der Waals surface area contributed by atoms with Gasteiger partial charge in [-0.2, -0.15) is 0 Å². The zero-order valence-electron chi connectivity index (χ0n) is 16.4. The van der Waals surface area contributed by atoms with Gasteiger partial charge in [0.05, 0.1) is 10.5 Å². The number of nitrogens with one attached hydrogen (secondary N) is 2. The number of hydrazine groups is 1. The van der Waals surface area contributed by atoms with Crippen LogP contribution >= 0.6 is 0 Å². The molecule has 10 heteroatoms. The van der Waals surface area contributed by atoms with Gasteiger partial charge in [0.2, 0.25) is 11.6 Å². The molecular formula is C18H25N7O3. The summed E-state index contributed by atoms with van der Waals surface area (Å²) in [5.41, 5.74) is 5.00. The molecule has 0 atom stereocenters. The summed E-state index contributed by atoms with van der Waals surface area (Å²) in [6.07, 6.45) is 4.18. The van der Waals surface area contributed by atoms with Crippen molar-refractivity contribution in [3.05, 3.63) is 46.5 Å². The molecule has 0 spiro atoms. The number of aromatic nitrogens is 3. The van der Waals surface area contributed by atoms with Gasteiger partial charge >= 0.3 is 5.69 Å². The molecule has 28 heavy (non-hydrogen) atoms. The Bertz CT molecular complexity index is 802. The Hall–Kier alpha value is -3.30. The summed E-state index contributed by atoms with van der Waals surface area (Å²) in [6, 6.07) is 3.20. The molecule has 0 saturated carbocycles. The quantitative estimate of drug-likeness (QED) is 0.497. The van der Waals surface area contributed by atoms with E-state index in [2.05, 4.69) is 25.8 Å². The van der Waals surface area contributed by atoms with Gasteiger partial charge in [0.1, 0.15) is 6.33 Å². The zero-order valence-corrected chi connectivity index (χ0v) is 16.4. The van der Waals surface area contributed by atoms with E-state index in [-0.39, 0.29) is 29.2 Å². The van der Waals surface area contributed by atoms with E-state index in [9.17, 15) is 14.9 Å². The second-order valence-electron chi connectivity index (χ2n) is 7.17. The van der Waals surface area contributed by atoms with E-state index in [0.29, 0.717) is 18.7 Å². The minimum absolute atomic E-state index is 0.0789. The molecule has 1 amide bonds. The molecule has 0 unspecified atom stereocenters. The van der Waals surface area contributed by atoms with E-state index in [1.54, 1.807) is 18.3 Å². The molecule has 0 radical (unpaired) electrons. The number of nitro groups is 1. The van der Waals surface area contributed by atoms with E-state index < -0.39 is 10.8 Å². The van der Waals surface area contributed by atoms with Crippen molar-refractivity contribution >= 4 is 23.2 Å². The average Bonchev–Trinajstić information content (AvgIpc) is 2.65. The third kappa shape index (κ3) is 5.60. The zero-order chi connectivity index (χ0) is 20.7. The highest BCUT2D eigenvalue weighted by Crippen LogP contribution is 2.32. The SMILES string of the molecule is CC(C)CN(CC(C)C)c1ncnc(NNC(=O)c2cccnc2)c1[N+](=O)[O-]. The van der Waals surface area contributed by atoms with Crippen LogP contribution in [0.25, 0.3) is 0 Å². The number of carbonyl (C=O) groups is 1. The monoisotopic (exact) mass is 387 g/mol. The lowest BCUT2D eigenvalue weighted by atomic mass is 10.1. The van der Waals surface area contributed by atoms with Crippen LogP contribution in [-0.4, -0.2) is 38.9 Å². The maximum absolute atomic E-state index is 12.2. The minimum atomic E-state index is -0.540. The van der Waals surface area contributed by atoms with E-state index in [4.69, 9.17) is 0 Å². The summed E-state index contributed by atoms with van der Waals surface area (Å²) in [6.45, 7) is 9.36. The van der Waals surface area contributed by atoms with Crippen LogP contribution in [0.5, 0.6) is 0 Å². The average molecular weight is 387 g/mol. The number of nitrogens with zero attached hydrogens (tertiary/aromatic N) is 5. The lowest BCUT2D eigenvalue weighted by Crippen LogP contribution is -2.34. The molecule has 0 bridgehead atoms. The highest BCUT2D eigenvalue weighted by atomic mass is 16.6. The Balaban J connectivity index is 2.31. The summed E-state index contributed by atoms with van der Waals surface area (Å²) in [4.78, 5) is 37.3. The van der Waals surface area contributed by atoms with Gasteiger partial charge in [-0.05, 0) is 24.0 Å². The van der Waals surface area contributed by atoms with Crippen molar-refractivity contribution < 1.29 is 9.72 Å². The lowest BCUT2D eigenvalue weighted by molar-refractivity contribution is -0.383. The predicted molar refractivity (Wildman–Crippen MR) is 106 cm³/mol. The number of hydrogen-bond acceptors (Lipinski definition) is 8. The minimum Gasteiger partial charge on any atom is -0.350 e. The predicted octanol–water partition coefficient (Wildman–Crippen LogP) is 2.66. The van der Waals surface area contributed by atoms with Crippen molar-refractivity contribution in [2.24, 2.45) is 11.8 Å². The topological polar surface area (TPSA) is 126 Å². The third-order valence-corrected chi connectivity index (χ3v) is 3.67. The largest absolute Gasteiger partial charge is 0.355 e. The first-order valence-corrected chi connectivity index (χ1v) is 9.00. The summed E-state index contributed by atoms with van der Waals surface area (Å²) in [5.74, 6) is 0.235. The maximum atomic E-state index is 12.2. The number of carbonyl (C=O) groups excluding carboxylic acids is 1. The number of amides is 1. The van der Waals surface area contributed by atoms with Gasteiger partial charge in [-0.15, -0.1) is 0 Å². The van der Waals surface area contributed by atoms with Crippen LogP contribution in [0, 0.1) is 22.0 Å². The maximum Gasteiger partial charge on any atom is 0.355 e. The van der Waals surface area contributed by atoms with E-state index >= 15 is 0 Å². The van der Waals surface area contributed by atoms with Gasteiger partial charge in [0.25, 0.3) is 5.91 Å². The molecule has 0 fully saturated rings. The van der Waals surface area contributed by atoms with Gasteiger partial charge in [0.15, 0.2) is 0 Å². The molecule has 150 valence electrons. The molecule has 0 aliphatic carbocycles. The number of pyridine rings is 1. The van der Waals surface area contributed by atoms with Crippen LogP contribution in [0.4, 0.5) is 17.3 Å². The number of rotatable bonds is 9. The Labute approximate surface area is 163 Å². The fourth-order valence-corrected chi connectivity index (χ4v) is 2.67. The molecule has 0 aromatic carbocycles. The molecule has 0 saturated heterocycles. The highest BCUT2D eigenvalue weighted by Gasteiger charge is 2.28. The standard InChI is InChI=1S/C18H25N7O3/c1-12(2)9-24(10-13(3)4)17-15(25(27)28)16(20-11-21-17)22-23-18(26)14-6-5-7-19-8-14/h5-8,11-13H,9-10H2,1-4H3,(H,23,26)(H,20,21,22). The van der Waals surface area contributed by atoms with Crippen LogP contribution in [0.2, 0.25) is 0 Å². The molecule has 2 N–H and O–H groups in total. The van der Waals surface area contributed by atoms with Crippen molar-refractivity contribution in [3.63, 3.8) is 0 Å². The van der Waals surface area contributed by atoms with Crippen molar-refractivity contribution in [2.45, 2.75) is 27.7 Å². The van der Waals surface area contributed by atoms with E-state index in [0.717, 1.165) is 0 Å². The summed E-state index contributed by atoms with van der Waals surface area (Å²) >= 11 is 0. The molecule has 2 aromatic rings. The first-order chi connectivity index (χ1) is 13.3. The normalized spacial score (nSPS) is 10.8. The van der Waals surface area contributed by atoms with Gasteiger partial charge < -0.3 is 4.90 Å². The third-order valence-electron chi connectivity index (χ3n) is 3.67. The summed E-state index contributed by atoms with van der Waals surface area (Å²) < 4.78 is 0. The van der Waals surface area contributed by atoms with Crippen molar-refractivity contribution in [3.8, 4) is 0 Å². The van der Waals surface area contributed by atoms with E-state index in [1.807, 2.05) is 32.6 Å². The van der Waals surface area contributed by atoms with Gasteiger partial charge in [-0.25, -0.2) is 9.97 Å². The Kier molecular flexibility index (Phi) is 7.19. The second-order valence-corrected chi connectivity index (χ2v) is 7.17. The van der Waals surface area contributed by atoms with Crippen LogP contribution in [0.1, 0.15) is 38.1 Å². The van der Waals surface area contributed by atoms with Gasteiger partial charge in [-0.3, -0.25) is 30.7 Å². The van der Waals surface area contributed by atoms with Gasteiger partial charge in [-0.1, -0.05) is 27.7 Å². The highest BCUT2D eigenvalue weighted by molar-refractivity contribution is 5.94.